The van der Waals surface area contributed by atoms with E-state index in [1.807, 2.05) is 56.2 Å². The van der Waals surface area contributed by atoms with Crippen LogP contribution in [0, 0.1) is 5.92 Å². The molecule has 36 nitrogen and oxygen atoms in total. The topological polar surface area (TPSA) is 496 Å². The first-order valence-corrected chi connectivity index (χ1v) is 45.5. The van der Waals surface area contributed by atoms with E-state index < -0.39 is 123 Å². The molecule has 9 rings (SSSR count). The van der Waals surface area contributed by atoms with Gasteiger partial charge in [0, 0.05) is 83.7 Å². The minimum atomic E-state index is -5.05. The number of carbonyl (C=O) groups excluding carboxylic acids is 4. The number of halogens is 1. The van der Waals surface area contributed by atoms with Gasteiger partial charge in [-0.15, -0.1) is 10.2 Å². The minimum absolute atomic E-state index is 0.00645. The summed E-state index contributed by atoms with van der Waals surface area (Å²) in [5, 5.41) is 34.5. The third-order valence-corrected chi connectivity index (χ3v) is 25.6. The van der Waals surface area contributed by atoms with E-state index in [0.29, 0.717) is 103 Å². The smallest absolute Gasteiger partial charge is 0.295 e. The van der Waals surface area contributed by atoms with Crippen molar-refractivity contribution in [1.29, 1.82) is 0 Å². The summed E-state index contributed by atoms with van der Waals surface area (Å²) in [6.07, 6.45) is 15.2. The molecule has 0 spiro atoms. The molecule has 0 fully saturated rings. The number of rotatable bonds is 46. The highest BCUT2D eigenvalue weighted by Crippen LogP contribution is 2.52. The maximum absolute atomic E-state index is 13.9. The van der Waals surface area contributed by atoms with Crippen molar-refractivity contribution in [3.63, 3.8) is 0 Å². The fourth-order valence-corrected chi connectivity index (χ4v) is 19.1. The molecule has 648 valence electrons. The average Bonchev–Trinajstić information content (AvgIpc) is 1.58. The van der Waals surface area contributed by atoms with E-state index in [4.69, 9.17) is 18.9 Å². The van der Waals surface area contributed by atoms with E-state index in [-0.39, 0.29) is 130 Å². The first-order valence-electron chi connectivity index (χ1n) is 38.3. The molecule has 0 radical (unpaired) electrons. The third kappa shape index (κ3) is 23.4. The Kier molecular flexibility index (Phi) is 31.7. The number of allylic oxidation sites excluding steroid dienone is 6. The second kappa shape index (κ2) is 40.3. The van der Waals surface area contributed by atoms with Crippen molar-refractivity contribution in [2.45, 2.75) is 173 Å². The Bertz CT molecular complexity index is 5600. The first kappa shape index (κ1) is 93.5. The van der Waals surface area contributed by atoms with Crippen molar-refractivity contribution >= 4 is 113 Å². The molecule has 2 aliphatic rings. The predicted octanol–water partition coefficient (Wildman–Crippen LogP) is 6.88. The fourth-order valence-electron chi connectivity index (χ4n) is 14.7. The predicted molar refractivity (Wildman–Crippen MR) is 434 cm³/mol. The number of benzene rings is 5. The quantitative estimate of drug-likeness (QED) is 0.00468. The van der Waals surface area contributed by atoms with Gasteiger partial charge in [0.2, 0.25) is 33.4 Å². The van der Waals surface area contributed by atoms with Crippen LogP contribution in [0.5, 0.6) is 5.75 Å². The van der Waals surface area contributed by atoms with Crippen LogP contribution in [0.15, 0.2) is 146 Å². The van der Waals surface area contributed by atoms with Gasteiger partial charge in [0.15, 0.2) is 5.71 Å². The summed E-state index contributed by atoms with van der Waals surface area (Å²) in [6, 6.07) is 13.3. The van der Waals surface area contributed by atoms with Crippen LogP contribution in [-0.4, -0.2) is 225 Å². The van der Waals surface area contributed by atoms with Gasteiger partial charge in [-0.3, -0.25) is 47.0 Å². The van der Waals surface area contributed by atoms with Gasteiger partial charge < -0.3 is 39.8 Å². The number of amides is 4. The molecule has 2 atom stereocenters. The number of anilines is 1. The van der Waals surface area contributed by atoms with Gasteiger partial charge in [-0.25, -0.2) is 23.3 Å². The first-order chi connectivity index (χ1) is 56.2. The molecule has 2 aromatic heterocycles. The standard InChI is InChI=1S/C77H100FN13O23S5/c1-9-89-63-30-28-58-60(43-56(116(99,100)101)45-65(58)118(105,106)107)71(63)76(4,5)67(89)21-12-10-13-22-68-77(6,7)72-61-44-57(117(102,103)104)46-66(119(108,109)110)59(61)29-31-64(72)90(68)35-17-11-14-23-69(92)79-33-16-15-20-62(81-70(93)50-88-47-52(82-86-88)19-18-32-78)74(94)80-34-37-112-39-41-114-42-40-113-38-36-87-48-53(83-85-87)49-91(73(51(2)3)75(95)84-96)115(97,98)55-26-24-54(111-8)25-27-55/h10,12-13,21-22,24-31,43-48,51,62,73H,9,11,14-20,23,32-42,49-50H2,1-8H3,(H8-,79,80,81,82,83,84,85,86,92,93,94,95,96,99,100,101,102,103,104,105,106,107,108,109,110)/p+1/t62-,73+/m0/s1. The Morgan fingerprint density at radius 2 is 1.22 bits per heavy atom. The number of alkyl halides is 1. The van der Waals surface area contributed by atoms with Crippen LogP contribution in [0.25, 0.3) is 21.5 Å². The van der Waals surface area contributed by atoms with Crippen molar-refractivity contribution in [2.24, 2.45) is 5.92 Å². The third-order valence-electron chi connectivity index (χ3n) is 20.3. The normalized spacial score (nSPS) is 15.3. The highest BCUT2D eigenvalue weighted by atomic mass is 32.2. The number of sulfonamides is 1. The summed E-state index contributed by atoms with van der Waals surface area (Å²) >= 11 is 0. The van der Waals surface area contributed by atoms with Crippen LogP contribution < -0.4 is 31.1 Å². The van der Waals surface area contributed by atoms with Crippen molar-refractivity contribution in [3.8, 4) is 5.75 Å². The van der Waals surface area contributed by atoms with Crippen LogP contribution in [0.4, 0.5) is 15.8 Å². The molecule has 9 N–H and O–H groups in total. The SMILES string of the molecule is CC[N+]1=C(/C=C/C=C/C=C2/N(CCCCCC(=O)NCCCC[C@H](NC(=O)Cn3cc(CCCF)nn3)C(=O)NCCOCCOCCOCCn3cc(CN([C@@H](C(=O)NO)C(C)C)S(=O)(=O)c4ccc(OC)cc4)nn3)c3ccc4c(S(=O)(=O)O)cc(S(=O)(=O)O)cc4c3C2(C)C)C(C)(C)c2c1ccc1c(S(=O)(=O)O)cc(S(=O)(=O)O)cc21. The van der Waals surface area contributed by atoms with Gasteiger partial charge in [0.25, 0.3) is 46.4 Å². The zero-order chi connectivity index (χ0) is 87.0. The van der Waals surface area contributed by atoms with E-state index in [0.717, 1.165) is 16.1 Å². The number of aryl methyl sites for hydroxylation is 1. The van der Waals surface area contributed by atoms with Crippen LogP contribution in [-0.2, 0) is 121 Å². The zero-order valence-electron chi connectivity index (χ0n) is 67.0. The number of nitrogens with one attached hydrogen (secondary N) is 4. The summed E-state index contributed by atoms with van der Waals surface area (Å²) in [4.78, 5) is 52.1. The van der Waals surface area contributed by atoms with E-state index in [2.05, 4.69) is 36.6 Å². The molecular weight excluding hydrogens is 1650 g/mol. The van der Waals surface area contributed by atoms with Crippen molar-refractivity contribution in [2.75, 3.05) is 84.5 Å². The maximum Gasteiger partial charge on any atom is 0.295 e. The molecule has 0 bridgehead atoms. The lowest BCUT2D eigenvalue weighted by molar-refractivity contribution is -0.433. The largest absolute Gasteiger partial charge is 0.497 e. The highest BCUT2D eigenvalue weighted by molar-refractivity contribution is 7.89. The average molecular weight is 1760 g/mol. The number of ether oxygens (including phenoxy) is 4. The Morgan fingerprint density at radius 1 is 0.613 bits per heavy atom. The van der Waals surface area contributed by atoms with Gasteiger partial charge in [-0.05, 0) is 155 Å². The summed E-state index contributed by atoms with van der Waals surface area (Å²) in [5.41, 5.74) is 3.93. The summed E-state index contributed by atoms with van der Waals surface area (Å²) in [5.74, 6) is -2.32. The lowest BCUT2D eigenvalue weighted by Crippen LogP contribution is -2.51. The Morgan fingerprint density at radius 3 is 1.82 bits per heavy atom. The minimum Gasteiger partial charge on any atom is -0.497 e. The van der Waals surface area contributed by atoms with Gasteiger partial charge in [0.1, 0.15) is 40.7 Å². The van der Waals surface area contributed by atoms with Gasteiger partial charge >= 0.3 is 0 Å². The van der Waals surface area contributed by atoms with Crippen molar-refractivity contribution < 1.29 is 113 Å². The van der Waals surface area contributed by atoms with E-state index in [9.17, 15) is 89.1 Å². The van der Waals surface area contributed by atoms with Crippen LogP contribution in [0.2, 0.25) is 0 Å². The van der Waals surface area contributed by atoms with Crippen LogP contribution in [0.3, 0.4) is 0 Å². The molecule has 42 heteroatoms. The number of methoxy groups -OCH3 is 1. The molecule has 0 saturated carbocycles. The zero-order valence-corrected chi connectivity index (χ0v) is 71.1. The van der Waals surface area contributed by atoms with Crippen molar-refractivity contribution in [1.82, 2.24) is 55.7 Å². The number of nitrogens with zero attached hydrogens (tertiary/aromatic N) is 9. The number of unbranched alkanes of at least 4 members (excludes halogenated alkanes) is 3. The number of aromatic nitrogens is 6. The molecule has 0 aliphatic carbocycles. The molecule has 7 aromatic rings. The fraction of sp³-hybridized carbons (Fsp3) is 0.468. The lowest BCUT2D eigenvalue weighted by atomic mass is 9.79. The number of hydrogen-bond acceptors (Lipinski definition) is 24. The molecular formula is C77H101FN13O23S5+. The number of carbonyl (C=O) groups is 4. The number of hydroxylamine groups is 1. The Labute approximate surface area is 690 Å². The van der Waals surface area contributed by atoms with Gasteiger partial charge in [0.05, 0.1) is 98.0 Å². The number of fused-ring (bicyclic) bond motifs is 6. The Hall–Kier alpha value is -9.41. The maximum atomic E-state index is 13.9. The summed E-state index contributed by atoms with van der Waals surface area (Å²) < 4.78 is 211. The summed E-state index contributed by atoms with van der Waals surface area (Å²) in [7, 11) is -22.9. The molecule has 0 saturated heterocycles. The van der Waals surface area contributed by atoms with Crippen LogP contribution in [0.1, 0.15) is 122 Å². The molecule has 119 heavy (non-hydrogen) atoms. The van der Waals surface area contributed by atoms with E-state index >= 15 is 0 Å². The molecule has 5 aromatic carbocycles. The molecule has 2 aliphatic heterocycles. The van der Waals surface area contributed by atoms with Crippen LogP contribution >= 0.6 is 0 Å². The van der Waals surface area contributed by atoms with Crippen molar-refractivity contribution in [3.05, 3.63) is 144 Å². The second-order valence-corrected chi connectivity index (χ2v) is 37.2. The van der Waals surface area contributed by atoms with Gasteiger partial charge in [-0.1, -0.05) is 68.8 Å². The second-order valence-electron chi connectivity index (χ2n) is 29.6. The number of hydrogen-bond donors (Lipinski definition) is 9. The monoisotopic (exact) mass is 1750 g/mol. The molecule has 4 amide bonds. The lowest BCUT2D eigenvalue weighted by Gasteiger charge is -2.31. The van der Waals surface area contributed by atoms with E-state index in [1.54, 1.807) is 49.7 Å². The Balaban J connectivity index is 0.760. The summed E-state index contributed by atoms with van der Waals surface area (Å²) in [6.45, 7) is 13.8. The molecule has 0 unspecified atom stereocenters. The van der Waals surface area contributed by atoms with E-state index in [1.165, 1.54) is 71.3 Å². The molecule has 4 heterocycles. The van der Waals surface area contributed by atoms with Gasteiger partial charge in [-0.2, -0.15) is 42.6 Å². The highest BCUT2D eigenvalue weighted by Gasteiger charge is 2.47.